The summed E-state index contributed by atoms with van der Waals surface area (Å²) in [6, 6.07) is 4.54. The monoisotopic (exact) mass is 591 g/mol. The van der Waals surface area contributed by atoms with Crippen molar-refractivity contribution in [2.45, 2.75) is 44.7 Å². The molecule has 1 amide bonds. The van der Waals surface area contributed by atoms with Gasteiger partial charge in [-0.25, -0.2) is 4.39 Å². The van der Waals surface area contributed by atoms with E-state index in [0.29, 0.717) is 12.1 Å². The Bertz CT molecular complexity index is 1250. The zero-order chi connectivity index (χ0) is 29.9. The van der Waals surface area contributed by atoms with Crippen LogP contribution in [0.25, 0.3) is 5.83 Å². The first-order chi connectivity index (χ1) is 17.7. The molecule has 0 aromatic heterocycles. The lowest BCUT2D eigenvalue weighted by Gasteiger charge is -2.19. The summed E-state index contributed by atoms with van der Waals surface area (Å²) >= 11 is 5.81. The third kappa shape index (κ3) is 8.97. The molecule has 0 aliphatic heterocycles. The van der Waals surface area contributed by atoms with E-state index in [-0.39, 0.29) is 22.7 Å². The molecule has 2 rings (SSSR count). The molecule has 1 N–H and O–H groups in total. The van der Waals surface area contributed by atoms with Crippen LogP contribution >= 0.6 is 11.6 Å². The Morgan fingerprint density at radius 3 is 2.10 bits per heavy atom. The van der Waals surface area contributed by atoms with Crippen LogP contribution in [0, 0.1) is 12.8 Å². The second-order valence-electron chi connectivity index (χ2n) is 8.66. The summed E-state index contributed by atoms with van der Waals surface area (Å²) in [7, 11) is 0. The van der Waals surface area contributed by atoms with Crippen LogP contribution in [0.4, 0.5) is 43.9 Å². The molecule has 2 aromatic rings. The van der Waals surface area contributed by atoms with E-state index < -0.39 is 83.1 Å². The molecule has 0 aliphatic rings. The molecule has 2 aromatic carbocycles. The van der Waals surface area contributed by atoms with Gasteiger partial charge in [-0.15, -0.1) is 0 Å². The van der Waals surface area contributed by atoms with Gasteiger partial charge in [-0.05, 0) is 36.3 Å². The van der Waals surface area contributed by atoms with Gasteiger partial charge < -0.3 is 5.32 Å². The Hall–Kier alpha value is -3.09. The van der Waals surface area contributed by atoms with E-state index in [4.69, 9.17) is 11.6 Å². The molecule has 0 saturated heterocycles. The van der Waals surface area contributed by atoms with E-state index in [1.54, 1.807) is 0 Å². The van der Waals surface area contributed by atoms with Gasteiger partial charge in [-0.3, -0.25) is 9.59 Å². The second-order valence-corrected chi connectivity index (χ2v) is 9.07. The van der Waals surface area contributed by atoms with Gasteiger partial charge in [0.05, 0.1) is 5.56 Å². The first-order valence-corrected chi connectivity index (χ1v) is 11.4. The smallest absolute Gasteiger partial charge is 0.347 e. The highest BCUT2D eigenvalue weighted by atomic mass is 35.5. The van der Waals surface area contributed by atoms with Crippen LogP contribution in [0.3, 0.4) is 0 Å². The summed E-state index contributed by atoms with van der Waals surface area (Å²) in [5.41, 5.74) is -3.80. The number of aryl methyl sites for hydroxylation is 1. The van der Waals surface area contributed by atoms with E-state index in [2.05, 4.69) is 0 Å². The summed E-state index contributed by atoms with van der Waals surface area (Å²) < 4.78 is 134. The Morgan fingerprint density at radius 1 is 0.974 bits per heavy atom. The van der Waals surface area contributed by atoms with Crippen molar-refractivity contribution in [2.75, 3.05) is 6.54 Å². The van der Waals surface area contributed by atoms with Gasteiger partial charge in [-0.2, -0.15) is 39.5 Å². The third-order valence-corrected chi connectivity index (χ3v) is 5.93. The highest BCUT2D eigenvalue weighted by molar-refractivity contribution is 6.31. The molecule has 1 unspecified atom stereocenters. The summed E-state index contributed by atoms with van der Waals surface area (Å²) in [6.45, 7) is 0.710. The molecule has 0 radical (unpaired) electrons. The summed E-state index contributed by atoms with van der Waals surface area (Å²) in [4.78, 5) is 24.3. The number of amides is 1. The fourth-order valence-electron chi connectivity index (χ4n) is 3.50. The SMILES string of the molecule is Cc1cc(C(/C=C(\F)c2ccc(C(=O)C[C@H](C)C(=O)NCC(F)(F)F)c(C(F)(F)F)c2)C(F)(F)F)ccc1Cl. The number of halogens is 11. The fraction of sp³-hybridized carbons (Fsp3) is 0.360. The van der Waals surface area contributed by atoms with Crippen molar-refractivity contribution in [3.8, 4) is 0 Å². The van der Waals surface area contributed by atoms with Crippen LogP contribution in [0.1, 0.15) is 51.9 Å². The Kier molecular flexibility index (Phi) is 9.86. The van der Waals surface area contributed by atoms with Crippen LogP contribution in [-0.2, 0) is 11.0 Å². The van der Waals surface area contributed by atoms with Gasteiger partial charge in [0.1, 0.15) is 18.3 Å². The van der Waals surface area contributed by atoms with Gasteiger partial charge >= 0.3 is 18.5 Å². The first kappa shape index (κ1) is 32.1. The van der Waals surface area contributed by atoms with Crippen molar-refractivity contribution < 1.29 is 53.5 Å². The molecular weight excluding hydrogens is 572 g/mol. The van der Waals surface area contributed by atoms with Gasteiger partial charge in [0.25, 0.3) is 0 Å². The largest absolute Gasteiger partial charge is 0.417 e. The quantitative estimate of drug-likeness (QED) is 0.248. The van der Waals surface area contributed by atoms with Crippen LogP contribution in [0.15, 0.2) is 42.5 Å². The van der Waals surface area contributed by atoms with Crippen molar-refractivity contribution in [1.82, 2.24) is 5.32 Å². The minimum Gasteiger partial charge on any atom is -0.347 e. The normalized spacial score (nSPS) is 14.6. The standard InChI is InChI=1S/C25H20ClF10NO2/c1-12-7-14(4-6-19(12)26)17(24(31,32)33)10-20(27)15-3-5-16(18(9-15)25(34,35)36)21(38)8-13(2)22(39)37-11-23(28,29)30/h3-7,9-10,13,17H,8,11H2,1-2H3,(H,37,39)/b20-10-/t13-,17?/m0/s1. The molecule has 14 heteroatoms. The minimum absolute atomic E-state index is 0.0900. The molecule has 3 nitrogen and oxygen atoms in total. The van der Waals surface area contributed by atoms with Gasteiger partial charge in [0, 0.05) is 28.5 Å². The molecule has 0 saturated carbocycles. The van der Waals surface area contributed by atoms with Crippen LogP contribution < -0.4 is 5.32 Å². The lowest BCUT2D eigenvalue weighted by atomic mass is 9.92. The van der Waals surface area contributed by atoms with Crippen LogP contribution in [-0.4, -0.2) is 30.6 Å². The number of carbonyl (C=O) groups is 2. The van der Waals surface area contributed by atoms with E-state index in [1.165, 1.54) is 12.2 Å². The number of allylic oxidation sites excluding steroid dienone is 1. The molecule has 2 atom stereocenters. The Labute approximate surface area is 220 Å². The topological polar surface area (TPSA) is 46.2 Å². The van der Waals surface area contributed by atoms with Crippen molar-refractivity contribution in [1.29, 1.82) is 0 Å². The van der Waals surface area contributed by atoms with Crippen LogP contribution in [0.5, 0.6) is 0 Å². The summed E-state index contributed by atoms with van der Waals surface area (Å²) in [6.07, 6.45) is -15.9. The van der Waals surface area contributed by atoms with E-state index >= 15 is 0 Å². The number of rotatable bonds is 8. The van der Waals surface area contributed by atoms with Gasteiger partial charge in [0.2, 0.25) is 5.91 Å². The number of hydrogen-bond acceptors (Lipinski definition) is 2. The lowest BCUT2D eigenvalue weighted by Crippen LogP contribution is -2.37. The average Bonchev–Trinajstić information content (AvgIpc) is 2.80. The second kappa shape index (κ2) is 12.0. The maximum absolute atomic E-state index is 14.9. The number of benzene rings is 2. The van der Waals surface area contributed by atoms with Crippen molar-refractivity contribution in [3.63, 3.8) is 0 Å². The molecule has 0 spiro atoms. The highest BCUT2D eigenvalue weighted by Crippen LogP contribution is 2.40. The minimum atomic E-state index is -5.26. The summed E-state index contributed by atoms with van der Waals surface area (Å²) in [5, 5.41) is 1.65. The van der Waals surface area contributed by atoms with Crippen molar-refractivity contribution in [3.05, 3.63) is 75.3 Å². The molecule has 0 fully saturated rings. The lowest BCUT2D eigenvalue weighted by molar-refractivity contribution is -0.140. The number of nitrogens with one attached hydrogen (secondary N) is 1. The van der Waals surface area contributed by atoms with E-state index in [1.807, 2.05) is 0 Å². The molecular formula is C25H20ClF10NO2. The van der Waals surface area contributed by atoms with Crippen molar-refractivity contribution >= 4 is 29.1 Å². The Morgan fingerprint density at radius 2 is 1.59 bits per heavy atom. The predicted molar refractivity (Wildman–Crippen MR) is 123 cm³/mol. The number of Topliss-reactive ketones (excluding diaryl/α,β-unsaturated/α-hetero) is 1. The third-order valence-electron chi connectivity index (χ3n) is 5.51. The average molecular weight is 592 g/mol. The maximum Gasteiger partial charge on any atom is 0.417 e. The molecule has 214 valence electrons. The van der Waals surface area contributed by atoms with E-state index in [9.17, 15) is 53.5 Å². The highest BCUT2D eigenvalue weighted by Gasteiger charge is 2.41. The Balaban J connectivity index is 2.42. The first-order valence-electron chi connectivity index (χ1n) is 11.0. The summed E-state index contributed by atoms with van der Waals surface area (Å²) in [5.74, 6) is -8.18. The number of carbonyl (C=O) groups excluding carboxylic acids is 2. The van der Waals surface area contributed by atoms with Crippen molar-refractivity contribution in [2.24, 2.45) is 5.92 Å². The van der Waals surface area contributed by atoms with Gasteiger partial charge in [0.15, 0.2) is 5.78 Å². The predicted octanol–water partition coefficient (Wildman–Crippen LogP) is 8.21. The van der Waals surface area contributed by atoms with E-state index in [0.717, 1.165) is 25.1 Å². The number of alkyl halides is 9. The molecule has 0 heterocycles. The number of ketones is 1. The van der Waals surface area contributed by atoms with Crippen LogP contribution in [0.2, 0.25) is 5.02 Å². The molecule has 0 aliphatic carbocycles. The maximum atomic E-state index is 14.9. The van der Waals surface area contributed by atoms with Gasteiger partial charge in [-0.1, -0.05) is 42.8 Å². The number of hydrogen-bond donors (Lipinski definition) is 1. The zero-order valence-electron chi connectivity index (χ0n) is 20.1. The molecule has 0 bridgehead atoms. The fourth-order valence-corrected chi connectivity index (χ4v) is 3.61. The molecule has 39 heavy (non-hydrogen) atoms. The zero-order valence-corrected chi connectivity index (χ0v) is 20.8.